The van der Waals surface area contributed by atoms with Gasteiger partial charge in [0.15, 0.2) is 11.6 Å². The van der Waals surface area contributed by atoms with Crippen LogP contribution in [-0.4, -0.2) is 10.2 Å². The van der Waals surface area contributed by atoms with Crippen molar-refractivity contribution < 1.29 is 13.2 Å². The van der Waals surface area contributed by atoms with Crippen LogP contribution in [0.5, 0.6) is 0 Å². The lowest BCUT2D eigenvalue weighted by Gasteiger charge is -1.99. The smallest absolute Gasteiger partial charge is 0.277 e. The number of rotatable bonds is 4. The summed E-state index contributed by atoms with van der Waals surface area (Å²) in [7, 11) is 0. The Morgan fingerprint density at radius 1 is 1.15 bits per heavy atom. The Labute approximate surface area is 121 Å². The van der Waals surface area contributed by atoms with Crippen LogP contribution in [0.15, 0.2) is 45.4 Å². The fourth-order valence-electron chi connectivity index (χ4n) is 1.54. The van der Waals surface area contributed by atoms with Crippen molar-refractivity contribution in [2.45, 2.75) is 11.0 Å². The van der Waals surface area contributed by atoms with Crippen molar-refractivity contribution >= 4 is 23.1 Å². The Balaban J connectivity index is 1.68. The Kier molecular flexibility index (Phi) is 3.79. The van der Waals surface area contributed by atoms with Crippen LogP contribution in [0.25, 0.3) is 10.8 Å². The van der Waals surface area contributed by atoms with E-state index in [0.717, 1.165) is 10.9 Å². The van der Waals surface area contributed by atoms with E-state index in [0.29, 0.717) is 22.4 Å². The number of nitrogens with zero attached hydrogens (tertiary/aromatic N) is 2. The molecule has 2 heterocycles. The van der Waals surface area contributed by atoms with Gasteiger partial charge in [0, 0.05) is 5.75 Å². The highest BCUT2D eigenvalue weighted by Gasteiger charge is 2.10. The van der Waals surface area contributed by atoms with Gasteiger partial charge in [0.1, 0.15) is 0 Å². The van der Waals surface area contributed by atoms with E-state index in [2.05, 4.69) is 10.2 Å². The zero-order chi connectivity index (χ0) is 13.9. The summed E-state index contributed by atoms with van der Waals surface area (Å²) in [6, 6.07) is 7.59. The average Bonchev–Trinajstić information content (AvgIpc) is 3.09. The maximum Gasteiger partial charge on any atom is 0.277 e. The molecule has 0 atom stereocenters. The molecule has 102 valence electrons. The highest BCUT2D eigenvalue weighted by Crippen LogP contribution is 2.28. The number of benzene rings is 1. The molecule has 3 rings (SSSR count). The number of halogens is 2. The maximum absolute atomic E-state index is 13.1. The normalized spacial score (nSPS) is 10.9. The first kappa shape index (κ1) is 13.3. The van der Waals surface area contributed by atoms with Crippen molar-refractivity contribution in [1.82, 2.24) is 10.2 Å². The third-order valence-corrected chi connectivity index (χ3v) is 4.23. The zero-order valence-corrected chi connectivity index (χ0v) is 11.7. The van der Waals surface area contributed by atoms with E-state index in [1.165, 1.54) is 35.2 Å². The van der Waals surface area contributed by atoms with Gasteiger partial charge >= 0.3 is 0 Å². The fraction of sp³-hybridized carbons (Fsp3) is 0.0769. The van der Waals surface area contributed by atoms with Crippen molar-refractivity contribution in [3.63, 3.8) is 0 Å². The zero-order valence-electron chi connectivity index (χ0n) is 10.0. The second kappa shape index (κ2) is 5.72. The molecule has 7 heteroatoms. The van der Waals surface area contributed by atoms with E-state index >= 15 is 0 Å². The van der Waals surface area contributed by atoms with Crippen molar-refractivity contribution in [2.75, 3.05) is 0 Å². The summed E-state index contributed by atoms with van der Waals surface area (Å²) in [5.41, 5.74) is 0.657. The number of aromatic nitrogens is 2. The molecule has 0 unspecified atom stereocenters. The van der Waals surface area contributed by atoms with Gasteiger partial charge in [0.25, 0.3) is 11.1 Å². The first-order valence-corrected chi connectivity index (χ1v) is 7.53. The van der Waals surface area contributed by atoms with Gasteiger partial charge in [-0.3, -0.25) is 0 Å². The first-order chi connectivity index (χ1) is 9.72. The maximum atomic E-state index is 13.1. The van der Waals surface area contributed by atoms with Gasteiger partial charge in [-0.2, -0.15) is 0 Å². The predicted molar refractivity (Wildman–Crippen MR) is 73.5 cm³/mol. The topological polar surface area (TPSA) is 38.9 Å². The van der Waals surface area contributed by atoms with Crippen LogP contribution < -0.4 is 0 Å². The lowest BCUT2D eigenvalue weighted by Crippen LogP contribution is -1.87. The van der Waals surface area contributed by atoms with Crippen LogP contribution in [0.4, 0.5) is 8.78 Å². The lowest BCUT2D eigenvalue weighted by molar-refractivity contribution is 0.466. The molecule has 20 heavy (non-hydrogen) atoms. The van der Waals surface area contributed by atoms with E-state index in [1.54, 1.807) is 0 Å². The van der Waals surface area contributed by atoms with Gasteiger partial charge in [-0.25, -0.2) is 8.78 Å². The van der Waals surface area contributed by atoms with Gasteiger partial charge in [0.2, 0.25) is 0 Å². The minimum atomic E-state index is -0.854. The van der Waals surface area contributed by atoms with Crippen LogP contribution in [0, 0.1) is 11.6 Å². The number of thiophene rings is 1. The number of thioether (sulfide) groups is 1. The molecule has 0 aliphatic carbocycles. The average molecular weight is 310 g/mol. The molecule has 0 bridgehead atoms. The van der Waals surface area contributed by atoms with Gasteiger partial charge < -0.3 is 4.42 Å². The monoisotopic (exact) mass is 310 g/mol. The quantitative estimate of drug-likeness (QED) is 0.671. The molecule has 1 aromatic carbocycles. The molecule has 0 N–H and O–H groups in total. The second-order valence-corrected chi connectivity index (χ2v) is 5.76. The first-order valence-electron chi connectivity index (χ1n) is 5.66. The molecule has 0 saturated carbocycles. The van der Waals surface area contributed by atoms with Crippen LogP contribution in [-0.2, 0) is 5.75 Å². The second-order valence-electron chi connectivity index (χ2n) is 3.89. The van der Waals surface area contributed by atoms with Gasteiger partial charge in [0.05, 0.1) is 4.88 Å². The molecule has 0 amide bonds. The van der Waals surface area contributed by atoms with E-state index in [-0.39, 0.29) is 0 Å². The summed E-state index contributed by atoms with van der Waals surface area (Å²) >= 11 is 2.79. The van der Waals surface area contributed by atoms with E-state index in [9.17, 15) is 8.78 Å². The molecule has 0 aliphatic heterocycles. The fourth-order valence-corrected chi connectivity index (χ4v) is 2.89. The van der Waals surface area contributed by atoms with Crippen molar-refractivity contribution in [1.29, 1.82) is 0 Å². The molecule has 3 nitrogen and oxygen atoms in total. The van der Waals surface area contributed by atoms with Crippen LogP contribution >= 0.6 is 23.1 Å². The SMILES string of the molecule is Fc1ccc(CSc2nnc(-c3cccs3)o2)cc1F. The summed E-state index contributed by atoms with van der Waals surface area (Å²) in [6.07, 6.45) is 0. The highest BCUT2D eigenvalue weighted by atomic mass is 32.2. The molecular formula is C13H8F2N2OS2. The largest absolute Gasteiger partial charge is 0.410 e. The third-order valence-electron chi connectivity index (χ3n) is 2.48. The molecule has 0 radical (unpaired) electrons. The Morgan fingerprint density at radius 3 is 2.80 bits per heavy atom. The van der Waals surface area contributed by atoms with Crippen LogP contribution in [0.3, 0.4) is 0 Å². The highest BCUT2D eigenvalue weighted by molar-refractivity contribution is 7.98. The van der Waals surface area contributed by atoms with E-state index < -0.39 is 11.6 Å². The Bertz CT molecular complexity index is 713. The summed E-state index contributed by atoms with van der Waals surface area (Å²) in [6.45, 7) is 0. The molecular weight excluding hydrogens is 302 g/mol. The summed E-state index contributed by atoms with van der Waals surface area (Å²) < 4.78 is 31.3. The molecule has 0 aliphatic rings. The van der Waals surface area contributed by atoms with Crippen LogP contribution in [0.1, 0.15) is 5.56 Å². The minimum Gasteiger partial charge on any atom is -0.410 e. The Morgan fingerprint density at radius 2 is 2.05 bits per heavy atom. The predicted octanol–water partition coefficient (Wildman–Crippen LogP) is 4.37. The van der Waals surface area contributed by atoms with Crippen molar-refractivity contribution in [3.8, 4) is 10.8 Å². The van der Waals surface area contributed by atoms with Gasteiger partial charge in [-0.15, -0.1) is 21.5 Å². The third kappa shape index (κ3) is 2.88. The molecule has 0 spiro atoms. The van der Waals surface area contributed by atoms with Crippen molar-refractivity contribution in [3.05, 3.63) is 52.9 Å². The summed E-state index contributed by atoms with van der Waals surface area (Å²) in [5, 5.41) is 10.2. The number of hydrogen-bond donors (Lipinski definition) is 0. The molecule has 2 aromatic heterocycles. The Hall–Kier alpha value is -1.73. The molecule has 3 aromatic rings. The lowest BCUT2D eigenvalue weighted by atomic mass is 10.2. The van der Waals surface area contributed by atoms with Gasteiger partial charge in [-0.1, -0.05) is 23.9 Å². The van der Waals surface area contributed by atoms with E-state index in [4.69, 9.17) is 4.42 Å². The number of hydrogen-bond acceptors (Lipinski definition) is 5. The van der Waals surface area contributed by atoms with Crippen LogP contribution in [0.2, 0.25) is 0 Å². The van der Waals surface area contributed by atoms with Crippen molar-refractivity contribution in [2.24, 2.45) is 0 Å². The standard InChI is InChI=1S/C13H8F2N2OS2/c14-9-4-3-8(6-10(9)15)7-20-13-17-16-12(18-13)11-2-1-5-19-11/h1-6H,7H2. The molecule has 0 saturated heterocycles. The summed E-state index contributed by atoms with van der Waals surface area (Å²) in [5.74, 6) is -0.805. The molecule has 0 fully saturated rings. The minimum absolute atomic E-state index is 0.401. The van der Waals surface area contributed by atoms with Gasteiger partial charge in [-0.05, 0) is 29.1 Å². The van der Waals surface area contributed by atoms with E-state index in [1.807, 2.05) is 17.5 Å². The summed E-state index contributed by atoms with van der Waals surface area (Å²) in [4.78, 5) is 0.900.